The normalized spacial score (nSPS) is 10.5. The van der Waals surface area contributed by atoms with Crippen molar-refractivity contribution in [2.45, 2.75) is 6.43 Å². The van der Waals surface area contributed by atoms with Gasteiger partial charge in [-0.2, -0.15) is 0 Å². The molecule has 86 valence electrons. The molecule has 0 saturated carbocycles. The molecule has 0 aliphatic rings. The van der Waals surface area contributed by atoms with Crippen molar-refractivity contribution in [2.75, 3.05) is 0 Å². The van der Waals surface area contributed by atoms with Crippen LogP contribution in [0.3, 0.4) is 0 Å². The standard InChI is InChI=1S/C7H3F2IN2O4/c8-5(9)4-2(7(13)14)1-3(12(15)16)11-6(4)10/h1,5H,(H,13,14). The van der Waals surface area contributed by atoms with Crippen molar-refractivity contribution >= 4 is 34.4 Å². The third kappa shape index (κ3) is 2.40. The van der Waals surface area contributed by atoms with Gasteiger partial charge in [-0.25, -0.2) is 13.6 Å². The van der Waals surface area contributed by atoms with Crippen LogP contribution in [0.2, 0.25) is 0 Å². The van der Waals surface area contributed by atoms with Gasteiger partial charge in [-0.1, -0.05) is 0 Å². The minimum atomic E-state index is -3.05. The van der Waals surface area contributed by atoms with Crippen molar-refractivity contribution in [2.24, 2.45) is 0 Å². The van der Waals surface area contributed by atoms with Crippen molar-refractivity contribution in [3.63, 3.8) is 0 Å². The molecule has 0 saturated heterocycles. The van der Waals surface area contributed by atoms with Crippen molar-refractivity contribution < 1.29 is 23.6 Å². The number of nitrogens with zero attached hydrogens (tertiary/aromatic N) is 2. The summed E-state index contributed by atoms with van der Waals surface area (Å²) in [6.45, 7) is 0. The average Bonchev–Trinajstić information content (AvgIpc) is 2.15. The largest absolute Gasteiger partial charge is 0.478 e. The Morgan fingerprint density at radius 1 is 1.62 bits per heavy atom. The summed E-state index contributed by atoms with van der Waals surface area (Å²) in [4.78, 5) is 23.4. The van der Waals surface area contributed by atoms with Gasteiger partial charge >= 0.3 is 11.8 Å². The number of halogens is 3. The van der Waals surface area contributed by atoms with Gasteiger partial charge in [-0.15, -0.1) is 0 Å². The van der Waals surface area contributed by atoms with E-state index < -0.39 is 34.3 Å². The van der Waals surface area contributed by atoms with E-state index >= 15 is 0 Å². The second-order valence-electron chi connectivity index (χ2n) is 2.60. The van der Waals surface area contributed by atoms with Crippen LogP contribution in [0, 0.1) is 13.8 Å². The van der Waals surface area contributed by atoms with Crippen LogP contribution in [-0.2, 0) is 0 Å². The molecule has 0 unspecified atom stereocenters. The molecular weight excluding hydrogens is 341 g/mol. The Hall–Kier alpha value is -1.39. The topological polar surface area (TPSA) is 93.3 Å². The SMILES string of the molecule is O=C(O)c1cc([N+](=O)[O-])nc(I)c1C(F)F. The molecule has 1 aromatic rings. The van der Waals surface area contributed by atoms with Gasteiger partial charge in [0.25, 0.3) is 6.43 Å². The number of carboxylic acid groups (broad SMARTS) is 1. The highest BCUT2D eigenvalue weighted by atomic mass is 127. The first-order valence-electron chi connectivity index (χ1n) is 3.71. The van der Waals surface area contributed by atoms with Gasteiger partial charge in [-0.05, 0) is 9.91 Å². The van der Waals surface area contributed by atoms with Gasteiger partial charge in [0, 0.05) is 22.6 Å². The quantitative estimate of drug-likeness (QED) is 0.393. The molecule has 9 heteroatoms. The predicted molar refractivity (Wildman–Crippen MR) is 55.5 cm³/mol. The number of aromatic carboxylic acids is 1. The van der Waals surface area contributed by atoms with Crippen LogP contribution >= 0.6 is 22.6 Å². The van der Waals surface area contributed by atoms with Crippen LogP contribution in [0.1, 0.15) is 22.3 Å². The highest BCUT2D eigenvalue weighted by Crippen LogP contribution is 2.29. The Kier molecular flexibility index (Phi) is 3.67. The number of carboxylic acids is 1. The van der Waals surface area contributed by atoms with Gasteiger partial charge in [-0.3, -0.25) is 0 Å². The third-order valence-corrected chi connectivity index (χ3v) is 2.46. The monoisotopic (exact) mass is 344 g/mol. The smallest absolute Gasteiger partial charge is 0.365 e. The van der Waals surface area contributed by atoms with E-state index in [0.29, 0.717) is 6.07 Å². The zero-order valence-corrected chi connectivity index (χ0v) is 9.51. The summed E-state index contributed by atoms with van der Waals surface area (Å²) in [6, 6.07) is 0.520. The molecule has 1 aromatic heterocycles. The lowest BCUT2D eigenvalue weighted by Crippen LogP contribution is -2.09. The molecule has 0 aromatic carbocycles. The molecule has 16 heavy (non-hydrogen) atoms. The van der Waals surface area contributed by atoms with E-state index in [4.69, 9.17) is 5.11 Å². The van der Waals surface area contributed by atoms with Gasteiger partial charge in [0.1, 0.15) is 0 Å². The minimum absolute atomic E-state index is 0.390. The number of hydrogen-bond acceptors (Lipinski definition) is 4. The Balaban J connectivity index is 3.52. The lowest BCUT2D eigenvalue weighted by atomic mass is 10.1. The molecule has 0 aliphatic carbocycles. The molecule has 1 heterocycles. The zero-order chi connectivity index (χ0) is 12.5. The van der Waals surface area contributed by atoms with Gasteiger partial charge in [0.05, 0.1) is 17.2 Å². The number of hydrogen-bond donors (Lipinski definition) is 1. The summed E-state index contributed by atoms with van der Waals surface area (Å²) in [6.07, 6.45) is -3.05. The van der Waals surface area contributed by atoms with E-state index in [1.807, 2.05) is 0 Å². The number of nitro groups is 1. The number of rotatable bonds is 3. The fraction of sp³-hybridized carbons (Fsp3) is 0.143. The predicted octanol–water partition coefficient (Wildman–Crippen LogP) is 2.23. The molecule has 1 rings (SSSR count). The number of aromatic nitrogens is 1. The summed E-state index contributed by atoms with van der Waals surface area (Å²) in [7, 11) is 0. The minimum Gasteiger partial charge on any atom is -0.478 e. The lowest BCUT2D eigenvalue weighted by Gasteiger charge is -2.04. The van der Waals surface area contributed by atoms with Crippen molar-refractivity contribution in [1.82, 2.24) is 4.98 Å². The Bertz CT molecular complexity index is 466. The fourth-order valence-electron chi connectivity index (χ4n) is 0.989. The highest BCUT2D eigenvalue weighted by Gasteiger charge is 2.28. The lowest BCUT2D eigenvalue weighted by molar-refractivity contribution is -0.389. The van der Waals surface area contributed by atoms with Crippen molar-refractivity contribution in [3.05, 3.63) is 31.0 Å². The van der Waals surface area contributed by atoms with Crippen LogP contribution < -0.4 is 0 Å². The van der Waals surface area contributed by atoms with E-state index in [2.05, 4.69) is 4.98 Å². The first-order chi connectivity index (χ1) is 7.34. The van der Waals surface area contributed by atoms with Crippen LogP contribution in [-0.4, -0.2) is 21.0 Å². The molecule has 0 fully saturated rings. The number of alkyl halides is 2. The second-order valence-corrected chi connectivity index (χ2v) is 3.62. The molecule has 0 spiro atoms. The van der Waals surface area contributed by atoms with Crippen molar-refractivity contribution in [3.8, 4) is 0 Å². The number of pyridine rings is 1. The maximum Gasteiger partial charge on any atom is 0.365 e. The molecule has 0 bridgehead atoms. The molecule has 0 radical (unpaired) electrons. The van der Waals surface area contributed by atoms with Crippen LogP contribution in [0.4, 0.5) is 14.6 Å². The fourth-order valence-corrected chi connectivity index (χ4v) is 1.76. The zero-order valence-electron chi connectivity index (χ0n) is 7.35. The molecular formula is C7H3F2IN2O4. The van der Waals surface area contributed by atoms with E-state index in [1.54, 1.807) is 0 Å². The Morgan fingerprint density at radius 2 is 2.19 bits per heavy atom. The summed E-state index contributed by atoms with van der Waals surface area (Å²) in [5.41, 5.74) is -1.61. The molecule has 0 atom stereocenters. The molecule has 6 nitrogen and oxygen atoms in total. The Labute approximate surface area is 101 Å². The molecule has 0 aliphatic heterocycles. The summed E-state index contributed by atoms with van der Waals surface area (Å²) < 4.78 is 24.6. The number of carbonyl (C=O) groups is 1. The van der Waals surface area contributed by atoms with Gasteiger partial charge in [0.15, 0.2) is 0 Å². The van der Waals surface area contributed by atoms with E-state index in [-0.39, 0.29) is 3.70 Å². The maximum atomic E-state index is 12.5. The highest BCUT2D eigenvalue weighted by molar-refractivity contribution is 14.1. The van der Waals surface area contributed by atoms with Crippen LogP contribution in [0.25, 0.3) is 0 Å². The maximum absolute atomic E-state index is 12.5. The van der Waals surface area contributed by atoms with Crippen LogP contribution in [0.15, 0.2) is 6.07 Å². The van der Waals surface area contributed by atoms with Crippen molar-refractivity contribution in [1.29, 1.82) is 0 Å². The van der Waals surface area contributed by atoms with E-state index in [1.165, 1.54) is 22.6 Å². The summed E-state index contributed by atoms with van der Waals surface area (Å²) in [5, 5.41) is 19.0. The summed E-state index contributed by atoms with van der Waals surface area (Å²) in [5.74, 6) is -2.43. The first-order valence-corrected chi connectivity index (χ1v) is 4.78. The van der Waals surface area contributed by atoms with E-state index in [0.717, 1.165) is 0 Å². The molecule has 0 amide bonds. The third-order valence-electron chi connectivity index (χ3n) is 1.63. The summed E-state index contributed by atoms with van der Waals surface area (Å²) >= 11 is 1.33. The first kappa shape index (κ1) is 12.7. The average molecular weight is 344 g/mol. The van der Waals surface area contributed by atoms with Gasteiger partial charge in [0.2, 0.25) is 3.70 Å². The molecule has 1 N–H and O–H groups in total. The van der Waals surface area contributed by atoms with E-state index in [9.17, 15) is 23.7 Å². The second kappa shape index (κ2) is 4.63. The van der Waals surface area contributed by atoms with Gasteiger partial charge < -0.3 is 15.2 Å². The van der Waals surface area contributed by atoms with Crippen LogP contribution in [0.5, 0.6) is 0 Å². The Morgan fingerprint density at radius 3 is 2.56 bits per heavy atom.